The van der Waals surface area contributed by atoms with Crippen molar-refractivity contribution < 1.29 is 0 Å². The van der Waals surface area contributed by atoms with Crippen molar-refractivity contribution in [3.63, 3.8) is 0 Å². The first-order chi connectivity index (χ1) is 10.7. The Labute approximate surface area is 136 Å². The first-order valence-electron chi connectivity index (χ1n) is 6.76. The maximum Gasteiger partial charge on any atom is 0.181 e. The lowest BCUT2D eigenvalue weighted by Gasteiger charge is -2.02. The molecule has 0 unspecified atom stereocenters. The minimum atomic E-state index is 0.655. The number of hydrogen-bond acceptors (Lipinski definition) is 4. The molecule has 1 aromatic heterocycles. The summed E-state index contributed by atoms with van der Waals surface area (Å²) >= 11 is 3.42. The van der Waals surface area contributed by atoms with E-state index >= 15 is 0 Å². The fraction of sp³-hybridized carbons (Fsp3) is 0.0625. The topological polar surface area (TPSA) is 55.6 Å². The number of tetrazole rings is 1. The standard InChI is InChI=1S/C16H14BrN5/c1-12-2-6-14(7-3-12)18-11-10-16-19-20-21-22(16)15-8-4-13(17)5-9-15/h2-11,18H,1H3. The maximum atomic E-state index is 4.02. The number of benzene rings is 2. The molecule has 1 heterocycles. The van der Waals surface area contributed by atoms with Crippen LogP contribution in [0, 0.1) is 6.92 Å². The Bertz CT molecular complexity index is 775. The lowest BCUT2D eigenvalue weighted by atomic mass is 10.2. The molecule has 0 aliphatic heterocycles. The van der Waals surface area contributed by atoms with Crippen LogP contribution in [0.15, 0.2) is 59.2 Å². The molecule has 0 radical (unpaired) electrons. The molecular weight excluding hydrogens is 342 g/mol. The van der Waals surface area contributed by atoms with Crippen LogP contribution < -0.4 is 5.32 Å². The number of nitrogens with zero attached hydrogens (tertiary/aromatic N) is 4. The van der Waals surface area contributed by atoms with Crippen molar-refractivity contribution in [3.8, 4) is 5.69 Å². The summed E-state index contributed by atoms with van der Waals surface area (Å²) < 4.78 is 2.70. The van der Waals surface area contributed by atoms with Gasteiger partial charge in [0.1, 0.15) is 0 Å². The third-order valence-electron chi connectivity index (χ3n) is 3.10. The van der Waals surface area contributed by atoms with Gasteiger partial charge in [0.25, 0.3) is 0 Å². The van der Waals surface area contributed by atoms with E-state index in [0.29, 0.717) is 5.82 Å². The second kappa shape index (κ2) is 6.53. The van der Waals surface area contributed by atoms with Gasteiger partial charge in [-0.05, 0) is 53.7 Å². The Hall–Kier alpha value is -2.47. The smallest absolute Gasteiger partial charge is 0.181 e. The van der Waals surface area contributed by atoms with Crippen LogP contribution in [-0.2, 0) is 0 Å². The zero-order valence-corrected chi connectivity index (χ0v) is 13.5. The zero-order valence-electron chi connectivity index (χ0n) is 11.9. The summed E-state index contributed by atoms with van der Waals surface area (Å²) in [7, 11) is 0. The van der Waals surface area contributed by atoms with Crippen LogP contribution in [0.3, 0.4) is 0 Å². The Morgan fingerprint density at radius 3 is 2.50 bits per heavy atom. The highest BCUT2D eigenvalue weighted by molar-refractivity contribution is 9.10. The van der Waals surface area contributed by atoms with E-state index in [9.17, 15) is 0 Å². The molecule has 0 spiro atoms. The minimum Gasteiger partial charge on any atom is -0.362 e. The molecule has 5 nitrogen and oxygen atoms in total. The van der Waals surface area contributed by atoms with E-state index in [1.54, 1.807) is 4.68 Å². The Kier molecular flexibility index (Phi) is 4.29. The fourth-order valence-electron chi connectivity index (χ4n) is 1.93. The third-order valence-corrected chi connectivity index (χ3v) is 3.63. The van der Waals surface area contributed by atoms with Crippen LogP contribution in [0.2, 0.25) is 0 Å². The van der Waals surface area contributed by atoms with E-state index in [1.165, 1.54) is 5.56 Å². The number of anilines is 1. The minimum absolute atomic E-state index is 0.655. The second-order valence-electron chi connectivity index (χ2n) is 4.77. The van der Waals surface area contributed by atoms with E-state index in [2.05, 4.69) is 55.8 Å². The average Bonchev–Trinajstić information content (AvgIpc) is 2.98. The first kappa shape index (κ1) is 14.5. The van der Waals surface area contributed by atoms with Gasteiger partial charge in [-0.1, -0.05) is 33.6 Å². The molecule has 3 rings (SSSR count). The molecule has 1 N–H and O–H groups in total. The quantitative estimate of drug-likeness (QED) is 0.772. The molecule has 0 aliphatic rings. The van der Waals surface area contributed by atoms with E-state index < -0.39 is 0 Å². The predicted molar refractivity (Wildman–Crippen MR) is 90.7 cm³/mol. The summed E-state index contributed by atoms with van der Waals surface area (Å²) in [6, 6.07) is 16.0. The predicted octanol–water partition coefficient (Wildman–Crippen LogP) is 3.82. The summed E-state index contributed by atoms with van der Waals surface area (Å²) in [6.07, 6.45) is 3.66. The normalized spacial score (nSPS) is 11.0. The highest BCUT2D eigenvalue weighted by atomic mass is 79.9. The van der Waals surface area contributed by atoms with Crippen molar-refractivity contribution in [3.05, 3.63) is 70.6 Å². The van der Waals surface area contributed by atoms with Gasteiger partial charge in [0.15, 0.2) is 5.82 Å². The maximum absolute atomic E-state index is 4.02. The Morgan fingerprint density at radius 1 is 1.05 bits per heavy atom. The molecule has 0 atom stereocenters. The van der Waals surface area contributed by atoms with Gasteiger partial charge in [-0.25, -0.2) is 0 Å². The molecule has 0 saturated carbocycles. The van der Waals surface area contributed by atoms with E-state index in [1.807, 2.05) is 48.7 Å². The van der Waals surface area contributed by atoms with Gasteiger partial charge in [-0.15, -0.1) is 5.10 Å². The molecule has 0 aliphatic carbocycles. The second-order valence-corrected chi connectivity index (χ2v) is 5.68. The number of halogens is 1. The summed E-state index contributed by atoms with van der Waals surface area (Å²) in [5.74, 6) is 0.655. The van der Waals surface area contributed by atoms with Crippen LogP contribution in [0.25, 0.3) is 11.8 Å². The lowest BCUT2D eigenvalue weighted by molar-refractivity contribution is 0.786. The summed E-state index contributed by atoms with van der Waals surface area (Å²) in [5, 5.41) is 15.0. The van der Waals surface area contributed by atoms with Crippen molar-refractivity contribution >= 4 is 27.7 Å². The summed E-state index contributed by atoms with van der Waals surface area (Å²) in [4.78, 5) is 0. The van der Waals surface area contributed by atoms with Gasteiger partial charge in [0.05, 0.1) is 5.69 Å². The number of hydrogen-bond donors (Lipinski definition) is 1. The molecule has 0 fully saturated rings. The van der Waals surface area contributed by atoms with Gasteiger partial charge in [-0.3, -0.25) is 0 Å². The zero-order chi connectivity index (χ0) is 15.4. The van der Waals surface area contributed by atoms with Crippen molar-refractivity contribution in [2.24, 2.45) is 0 Å². The van der Waals surface area contributed by atoms with E-state index in [4.69, 9.17) is 0 Å². The third kappa shape index (κ3) is 3.40. The van der Waals surface area contributed by atoms with Gasteiger partial charge < -0.3 is 5.32 Å². The molecule has 0 bridgehead atoms. The Morgan fingerprint density at radius 2 is 1.77 bits per heavy atom. The largest absolute Gasteiger partial charge is 0.362 e. The number of aryl methyl sites for hydroxylation is 1. The molecule has 3 aromatic rings. The van der Waals surface area contributed by atoms with Gasteiger partial charge in [0.2, 0.25) is 0 Å². The first-order valence-corrected chi connectivity index (χ1v) is 7.56. The van der Waals surface area contributed by atoms with Crippen LogP contribution in [-0.4, -0.2) is 20.2 Å². The molecular formula is C16H14BrN5. The SMILES string of the molecule is Cc1ccc(NC=Cc2nnnn2-c2ccc(Br)cc2)cc1. The fourth-order valence-corrected chi connectivity index (χ4v) is 2.19. The number of aromatic nitrogens is 4. The number of rotatable bonds is 4. The molecule has 0 saturated heterocycles. The van der Waals surface area contributed by atoms with E-state index in [-0.39, 0.29) is 0 Å². The van der Waals surface area contributed by atoms with Crippen molar-refractivity contribution in [2.75, 3.05) is 5.32 Å². The van der Waals surface area contributed by atoms with Gasteiger partial charge >= 0.3 is 0 Å². The van der Waals surface area contributed by atoms with E-state index in [0.717, 1.165) is 15.8 Å². The molecule has 6 heteroatoms. The summed E-state index contributed by atoms with van der Waals surface area (Å²) in [6.45, 7) is 2.06. The van der Waals surface area contributed by atoms with Gasteiger partial charge in [0, 0.05) is 22.4 Å². The van der Waals surface area contributed by atoms with Gasteiger partial charge in [-0.2, -0.15) is 4.68 Å². The molecule has 2 aromatic carbocycles. The van der Waals surface area contributed by atoms with Crippen molar-refractivity contribution in [1.82, 2.24) is 20.2 Å². The summed E-state index contributed by atoms with van der Waals surface area (Å²) in [5.41, 5.74) is 3.15. The average molecular weight is 356 g/mol. The lowest BCUT2D eigenvalue weighted by Crippen LogP contribution is -1.99. The van der Waals surface area contributed by atoms with Crippen LogP contribution >= 0.6 is 15.9 Å². The molecule has 110 valence electrons. The van der Waals surface area contributed by atoms with Crippen molar-refractivity contribution in [2.45, 2.75) is 6.92 Å². The highest BCUT2D eigenvalue weighted by Gasteiger charge is 2.04. The Balaban J connectivity index is 1.76. The highest BCUT2D eigenvalue weighted by Crippen LogP contribution is 2.14. The van der Waals surface area contributed by atoms with Crippen LogP contribution in [0.4, 0.5) is 5.69 Å². The molecule has 22 heavy (non-hydrogen) atoms. The van der Waals surface area contributed by atoms with Crippen LogP contribution in [0.5, 0.6) is 0 Å². The molecule has 0 amide bonds. The van der Waals surface area contributed by atoms with Crippen molar-refractivity contribution in [1.29, 1.82) is 0 Å². The van der Waals surface area contributed by atoms with Crippen LogP contribution in [0.1, 0.15) is 11.4 Å². The number of nitrogens with one attached hydrogen (secondary N) is 1. The monoisotopic (exact) mass is 355 g/mol.